The summed E-state index contributed by atoms with van der Waals surface area (Å²) in [6.45, 7) is 3.60. The zero-order chi connectivity index (χ0) is 10.3. The Labute approximate surface area is 79.6 Å². The lowest BCUT2D eigenvalue weighted by molar-refractivity contribution is 0.196. The van der Waals surface area contributed by atoms with E-state index in [-0.39, 0.29) is 13.2 Å². The molecular formula is C5H12O6PS-. The van der Waals surface area contributed by atoms with Crippen LogP contribution in [-0.4, -0.2) is 28.3 Å². The average Bonchev–Trinajstić information content (AvgIpc) is 2.02. The van der Waals surface area contributed by atoms with Gasteiger partial charge in [-0.05, 0) is 13.8 Å². The minimum Gasteiger partial charge on any atom is -0.750 e. The lowest BCUT2D eigenvalue weighted by Gasteiger charge is -2.16. The highest BCUT2D eigenvalue weighted by Crippen LogP contribution is 2.47. The van der Waals surface area contributed by atoms with Crippen molar-refractivity contribution in [2.45, 2.75) is 13.8 Å². The molecule has 8 heteroatoms. The van der Waals surface area contributed by atoms with Gasteiger partial charge < -0.3 is 13.6 Å². The van der Waals surface area contributed by atoms with E-state index in [1.165, 1.54) is 0 Å². The monoisotopic (exact) mass is 231 g/mol. The normalized spacial score (nSPS) is 14.4. The van der Waals surface area contributed by atoms with Crippen molar-refractivity contribution < 1.29 is 26.6 Å². The first-order valence-corrected chi connectivity index (χ1v) is 6.37. The highest BCUT2D eigenvalue weighted by molar-refractivity contribution is 7.74. The van der Waals surface area contributed by atoms with Gasteiger partial charge in [-0.1, -0.05) is 0 Å². The van der Waals surface area contributed by atoms with Gasteiger partial charge in [0.2, 0.25) is 0 Å². The molecule has 0 saturated heterocycles. The first-order chi connectivity index (χ1) is 6.04. The Morgan fingerprint density at radius 3 is 2.08 bits per heavy atom. The van der Waals surface area contributed by atoms with Gasteiger partial charge in [-0.2, -0.15) is 0 Å². The minimum atomic E-state index is -3.39. The summed E-state index contributed by atoms with van der Waals surface area (Å²) in [5.41, 5.74) is 0. The maximum Gasteiger partial charge on any atom is 0.357 e. The third-order valence-electron chi connectivity index (χ3n) is 0.959. The zero-order valence-electron chi connectivity index (χ0n) is 7.43. The fourth-order valence-corrected chi connectivity index (χ4v) is 2.48. The molecule has 0 aromatic rings. The number of hydrogen-bond donors (Lipinski definition) is 0. The lowest BCUT2D eigenvalue weighted by Crippen LogP contribution is -2.04. The molecule has 0 bridgehead atoms. The topological polar surface area (TPSA) is 84.9 Å². The molecular weight excluding hydrogens is 219 g/mol. The Balaban J connectivity index is 4.07. The number of rotatable bonds is 7. The zero-order valence-corrected chi connectivity index (χ0v) is 9.14. The lowest BCUT2D eigenvalue weighted by atomic mass is 10.9. The molecule has 0 saturated carbocycles. The highest BCUT2D eigenvalue weighted by Gasteiger charge is 2.23. The van der Waals surface area contributed by atoms with Gasteiger partial charge >= 0.3 is 7.60 Å². The molecule has 0 aliphatic heterocycles. The second-order valence-corrected chi connectivity index (χ2v) is 4.54. The van der Waals surface area contributed by atoms with Crippen molar-refractivity contribution in [2.75, 3.05) is 19.6 Å². The van der Waals surface area contributed by atoms with E-state index in [1.807, 2.05) is 0 Å². The van der Waals surface area contributed by atoms with Gasteiger partial charge in [0, 0.05) is 0 Å². The number of hydrogen-bond acceptors (Lipinski definition) is 6. The summed E-state index contributed by atoms with van der Waals surface area (Å²) in [5, 5.41) is 0. The van der Waals surface area contributed by atoms with E-state index in [0.29, 0.717) is 0 Å². The molecule has 0 aromatic carbocycles. The van der Waals surface area contributed by atoms with E-state index in [1.54, 1.807) is 13.8 Å². The van der Waals surface area contributed by atoms with E-state index < -0.39 is 25.3 Å². The van der Waals surface area contributed by atoms with E-state index in [2.05, 4.69) is 4.18 Å². The van der Waals surface area contributed by atoms with Crippen molar-refractivity contribution >= 4 is 19.0 Å². The van der Waals surface area contributed by atoms with Crippen LogP contribution in [0.3, 0.4) is 0 Å². The fourth-order valence-electron chi connectivity index (χ4n) is 0.613. The quantitative estimate of drug-likeness (QED) is 0.480. The van der Waals surface area contributed by atoms with E-state index >= 15 is 0 Å². The van der Waals surface area contributed by atoms with Crippen molar-refractivity contribution in [3.05, 3.63) is 0 Å². The molecule has 0 radical (unpaired) electrons. The Bertz CT molecular complexity index is 197. The van der Waals surface area contributed by atoms with Crippen molar-refractivity contribution in [1.29, 1.82) is 0 Å². The van der Waals surface area contributed by atoms with Crippen LogP contribution in [0.2, 0.25) is 0 Å². The summed E-state index contributed by atoms with van der Waals surface area (Å²) in [6.07, 6.45) is -0.579. The Morgan fingerprint density at radius 2 is 1.77 bits per heavy atom. The molecule has 1 atom stereocenters. The first kappa shape index (κ1) is 13.2. The van der Waals surface area contributed by atoms with E-state index in [0.717, 1.165) is 0 Å². The SMILES string of the molecule is CCOP(=O)(COS(=O)[O-])OCC. The molecule has 1 unspecified atom stereocenters. The van der Waals surface area contributed by atoms with Crippen LogP contribution in [0.5, 0.6) is 0 Å². The van der Waals surface area contributed by atoms with Crippen molar-refractivity contribution in [2.24, 2.45) is 0 Å². The standard InChI is InChI=1S/C5H13O6PS/c1-3-9-12(6,10-4-2)5-11-13(7)8/h3-5H2,1-2H3,(H,7,8)/p-1. The molecule has 0 heterocycles. The second-order valence-electron chi connectivity index (χ2n) is 1.90. The maximum absolute atomic E-state index is 11.5. The first-order valence-electron chi connectivity index (χ1n) is 3.64. The van der Waals surface area contributed by atoms with Crippen LogP contribution in [0.25, 0.3) is 0 Å². The molecule has 0 fully saturated rings. The van der Waals surface area contributed by atoms with Gasteiger partial charge in [-0.3, -0.25) is 8.75 Å². The van der Waals surface area contributed by atoms with Crippen LogP contribution in [0.15, 0.2) is 0 Å². The average molecular weight is 231 g/mol. The largest absolute Gasteiger partial charge is 0.750 e. The smallest absolute Gasteiger partial charge is 0.357 e. The summed E-state index contributed by atoms with van der Waals surface area (Å²) < 4.78 is 45.1. The molecule has 0 aliphatic carbocycles. The molecule has 0 aromatic heterocycles. The summed E-state index contributed by atoms with van der Waals surface area (Å²) in [4.78, 5) is 0. The van der Waals surface area contributed by atoms with Crippen LogP contribution >= 0.6 is 7.60 Å². The van der Waals surface area contributed by atoms with Gasteiger partial charge in [0.1, 0.15) is 0 Å². The second kappa shape index (κ2) is 6.64. The van der Waals surface area contributed by atoms with Gasteiger partial charge in [-0.15, -0.1) is 0 Å². The van der Waals surface area contributed by atoms with Crippen LogP contribution in [0.4, 0.5) is 0 Å². The molecule has 0 rings (SSSR count). The molecule has 0 N–H and O–H groups in total. The van der Waals surface area contributed by atoms with Crippen LogP contribution in [-0.2, 0) is 29.2 Å². The molecule has 80 valence electrons. The Hall–Kier alpha value is 0.220. The van der Waals surface area contributed by atoms with Gasteiger partial charge in [-0.25, -0.2) is 4.21 Å². The highest BCUT2D eigenvalue weighted by atomic mass is 32.2. The molecule has 0 aliphatic rings. The van der Waals surface area contributed by atoms with Gasteiger partial charge in [0.15, 0.2) is 6.35 Å². The summed E-state index contributed by atoms with van der Waals surface area (Å²) in [6, 6.07) is 0. The van der Waals surface area contributed by atoms with E-state index in [9.17, 15) is 13.3 Å². The van der Waals surface area contributed by atoms with Crippen molar-refractivity contribution in [3.8, 4) is 0 Å². The van der Waals surface area contributed by atoms with Crippen LogP contribution in [0.1, 0.15) is 13.8 Å². The molecule has 0 amide bonds. The molecule has 6 nitrogen and oxygen atoms in total. The van der Waals surface area contributed by atoms with Crippen LogP contribution < -0.4 is 0 Å². The molecule has 13 heavy (non-hydrogen) atoms. The minimum absolute atomic E-state index is 0.173. The molecule has 0 spiro atoms. The van der Waals surface area contributed by atoms with Gasteiger partial charge in [0.25, 0.3) is 0 Å². The van der Waals surface area contributed by atoms with Crippen molar-refractivity contribution in [1.82, 2.24) is 0 Å². The predicted octanol–water partition coefficient (Wildman–Crippen LogP) is 1.02. The fraction of sp³-hybridized carbons (Fsp3) is 1.00. The predicted molar refractivity (Wildman–Crippen MR) is 45.7 cm³/mol. The maximum atomic E-state index is 11.5. The van der Waals surface area contributed by atoms with Crippen molar-refractivity contribution in [3.63, 3.8) is 0 Å². The third-order valence-corrected chi connectivity index (χ3v) is 3.19. The third kappa shape index (κ3) is 6.31. The van der Waals surface area contributed by atoms with Crippen LogP contribution in [0, 0.1) is 0 Å². The summed E-state index contributed by atoms with van der Waals surface area (Å²) >= 11 is -2.70. The van der Waals surface area contributed by atoms with E-state index in [4.69, 9.17) is 9.05 Å². The Morgan fingerprint density at radius 1 is 1.31 bits per heavy atom. The summed E-state index contributed by atoms with van der Waals surface area (Å²) in [5.74, 6) is 0. The van der Waals surface area contributed by atoms with Gasteiger partial charge in [0.05, 0.1) is 24.6 Å². The summed E-state index contributed by atoms with van der Waals surface area (Å²) in [7, 11) is -3.39. The Kier molecular flexibility index (Phi) is 6.75.